The van der Waals surface area contributed by atoms with E-state index in [1.807, 2.05) is 26.0 Å². The molecule has 0 amide bonds. The van der Waals surface area contributed by atoms with Crippen molar-refractivity contribution in [3.63, 3.8) is 0 Å². The Labute approximate surface area is 148 Å². The molecule has 1 N–H and O–H groups in total. The Morgan fingerprint density at radius 3 is 2.68 bits per heavy atom. The van der Waals surface area contributed by atoms with E-state index >= 15 is 0 Å². The van der Waals surface area contributed by atoms with Crippen molar-refractivity contribution in [2.45, 2.75) is 32.9 Å². The summed E-state index contributed by atoms with van der Waals surface area (Å²) < 4.78 is 11.1. The highest BCUT2D eigenvalue weighted by Crippen LogP contribution is 2.24. The molecular weight excluding hydrogens is 318 g/mol. The summed E-state index contributed by atoms with van der Waals surface area (Å²) in [5.41, 5.74) is 4.36. The van der Waals surface area contributed by atoms with Gasteiger partial charge in [0.2, 0.25) is 5.88 Å². The van der Waals surface area contributed by atoms with Crippen LogP contribution in [-0.2, 0) is 13.0 Å². The molecule has 0 saturated heterocycles. The van der Waals surface area contributed by atoms with Crippen LogP contribution in [0.3, 0.4) is 0 Å². The molecule has 2 aromatic rings. The van der Waals surface area contributed by atoms with Crippen LogP contribution in [0.4, 0.5) is 0 Å². The minimum Gasteiger partial charge on any atom is -0.491 e. The van der Waals surface area contributed by atoms with Crippen LogP contribution in [-0.4, -0.2) is 52.9 Å². The Balaban J connectivity index is 1.56. The molecule has 6 heteroatoms. The number of nitrogens with zero attached hydrogens (tertiary/aromatic N) is 3. The van der Waals surface area contributed by atoms with Crippen molar-refractivity contribution in [3.05, 3.63) is 46.9 Å². The van der Waals surface area contributed by atoms with Crippen LogP contribution < -0.4 is 9.47 Å². The lowest BCUT2D eigenvalue weighted by Gasteiger charge is -2.30. The summed E-state index contributed by atoms with van der Waals surface area (Å²) in [7, 11) is 1.62. The van der Waals surface area contributed by atoms with Gasteiger partial charge in [0, 0.05) is 31.6 Å². The van der Waals surface area contributed by atoms with Gasteiger partial charge in [-0.3, -0.25) is 4.90 Å². The van der Waals surface area contributed by atoms with Gasteiger partial charge in [-0.05, 0) is 37.1 Å². The highest BCUT2D eigenvalue weighted by atomic mass is 16.5. The number of rotatable bonds is 6. The molecule has 0 fully saturated rings. The largest absolute Gasteiger partial charge is 0.491 e. The van der Waals surface area contributed by atoms with E-state index in [9.17, 15) is 5.11 Å². The van der Waals surface area contributed by atoms with Gasteiger partial charge >= 0.3 is 0 Å². The summed E-state index contributed by atoms with van der Waals surface area (Å²) in [5.74, 6) is 1.42. The molecule has 2 heterocycles. The maximum absolute atomic E-state index is 10.3. The zero-order chi connectivity index (χ0) is 17.8. The van der Waals surface area contributed by atoms with Crippen molar-refractivity contribution in [1.29, 1.82) is 0 Å². The molecule has 0 aliphatic carbocycles. The fourth-order valence-electron chi connectivity index (χ4n) is 3.26. The molecule has 6 nitrogen and oxygen atoms in total. The molecule has 3 rings (SSSR count). The zero-order valence-electron chi connectivity index (χ0n) is 15.0. The summed E-state index contributed by atoms with van der Waals surface area (Å²) in [4.78, 5) is 10.7. The molecule has 0 saturated carbocycles. The molecule has 1 aromatic heterocycles. The van der Waals surface area contributed by atoms with E-state index in [2.05, 4.69) is 20.9 Å². The monoisotopic (exact) mass is 343 g/mol. The highest BCUT2D eigenvalue weighted by molar-refractivity contribution is 5.33. The number of aliphatic hydroxyl groups excluding tert-OH is 1. The second-order valence-corrected chi connectivity index (χ2v) is 6.58. The van der Waals surface area contributed by atoms with Crippen LogP contribution >= 0.6 is 0 Å². The lowest BCUT2D eigenvalue weighted by atomic mass is 10.1. The van der Waals surface area contributed by atoms with Gasteiger partial charge in [0.15, 0.2) is 0 Å². The van der Waals surface area contributed by atoms with Crippen molar-refractivity contribution >= 4 is 0 Å². The van der Waals surface area contributed by atoms with Gasteiger partial charge in [0.05, 0.1) is 12.8 Å². The molecule has 0 spiro atoms. The molecule has 1 aliphatic heterocycles. The van der Waals surface area contributed by atoms with Gasteiger partial charge in [-0.1, -0.05) is 6.07 Å². The number of β-amino-alcohol motifs (C(OH)–C–C–N with tert-alkyl or cyclic N) is 1. The molecule has 25 heavy (non-hydrogen) atoms. The van der Waals surface area contributed by atoms with Crippen LogP contribution in [0, 0.1) is 13.8 Å². The third-order valence-electron chi connectivity index (χ3n) is 4.34. The Morgan fingerprint density at radius 2 is 1.96 bits per heavy atom. The average Bonchev–Trinajstić information content (AvgIpc) is 2.58. The van der Waals surface area contributed by atoms with Crippen molar-refractivity contribution in [1.82, 2.24) is 14.9 Å². The first-order chi connectivity index (χ1) is 12.0. The van der Waals surface area contributed by atoms with Gasteiger partial charge in [0.25, 0.3) is 0 Å². The standard InChI is InChI=1S/C19H25N3O3/c1-13-6-14(2)8-16(7-13)25-11-15(23)9-22-5-4-18-17(10-22)19(24-3)21-12-20-18/h6-8,12,15,23H,4-5,9-11H2,1-3H3. The predicted octanol–water partition coefficient (Wildman–Crippen LogP) is 1.90. The van der Waals surface area contributed by atoms with Gasteiger partial charge in [-0.25, -0.2) is 9.97 Å². The van der Waals surface area contributed by atoms with Crippen LogP contribution in [0.25, 0.3) is 0 Å². The molecule has 1 unspecified atom stereocenters. The third kappa shape index (κ3) is 4.46. The molecule has 0 radical (unpaired) electrons. The van der Waals surface area contributed by atoms with Gasteiger partial charge in [-0.15, -0.1) is 0 Å². The van der Waals surface area contributed by atoms with E-state index in [0.717, 1.165) is 41.1 Å². The summed E-state index contributed by atoms with van der Waals surface area (Å²) in [6, 6.07) is 6.07. The van der Waals surface area contributed by atoms with E-state index in [4.69, 9.17) is 9.47 Å². The minimum absolute atomic E-state index is 0.272. The number of hydrogen-bond acceptors (Lipinski definition) is 6. The van der Waals surface area contributed by atoms with Crippen molar-refractivity contribution in [2.24, 2.45) is 0 Å². The van der Waals surface area contributed by atoms with Crippen LogP contribution in [0.5, 0.6) is 11.6 Å². The Hall–Kier alpha value is -2.18. The fraction of sp³-hybridized carbons (Fsp3) is 0.474. The normalized spacial score (nSPS) is 15.5. The molecule has 1 aliphatic rings. The molecule has 1 atom stereocenters. The number of fused-ring (bicyclic) bond motifs is 1. The predicted molar refractivity (Wildman–Crippen MR) is 95.0 cm³/mol. The van der Waals surface area contributed by atoms with Crippen molar-refractivity contribution in [2.75, 3.05) is 26.8 Å². The molecular formula is C19H25N3O3. The van der Waals surface area contributed by atoms with E-state index in [-0.39, 0.29) is 6.61 Å². The lowest BCUT2D eigenvalue weighted by molar-refractivity contribution is 0.0630. The zero-order valence-corrected chi connectivity index (χ0v) is 15.0. The summed E-state index contributed by atoms with van der Waals surface area (Å²) in [6.45, 7) is 6.43. The first kappa shape index (κ1) is 17.6. The average molecular weight is 343 g/mol. The van der Waals surface area contributed by atoms with E-state index in [1.165, 1.54) is 0 Å². The Bertz CT molecular complexity index is 701. The van der Waals surface area contributed by atoms with E-state index < -0.39 is 6.10 Å². The summed E-state index contributed by atoms with van der Waals surface area (Å²) >= 11 is 0. The maximum atomic E-state index is 10.3. The smallest absolute Gasteiger partial charge is 0.220 e. The molecule has 0 bridgehead atoms. The van der Waals surface area contributed by atoms with Crippen molar-refractivity contribution < 1.29 is 14.6 Å². The first-order valence-electron chi connectivity index (χ1n) is 8.53. The van der Waals surface area contributed by atoms with E-state index in [0.29, 0.717) is 19.0 Å². The maximum Gasteiger partial charge on any atom is 0.220 e. The van der Waals surface area contributed by atoms with E-state index in [1.54, 1.807) is 13.4 Å². The van der Waals surface area contributed by atoms with Gasteiger partial charge in [-0.2, -0.15) is 0 Å². The fourth-order valence-corrected chi connectivity index (χ4v) is 3.26. The molecule has 134 valence electrons. The second kappa shape index (κ2) is 7.80. The number of aryl methyl sites for hydroxylation is 2. The van der Waals surface area contributed by atoms with Crippen LogP contribution in [0.2, 0.25) is 0 Å². The number of ether oxygens (including phenoxy) is 2. The molecule has 1 aromatic carbocycles. The van der Waals surface area contributed by atoms with Crippen LogP contribution in [0.15, 0.2) is 24.5 Å². The minimum atomic E-state index is -0.557. The quantitative estimate of drug-likeness (QED) is 0.864. The van der Waals surface area contributed by atoms with Gasteiger partial charge in [0.1, 0.15) is 24.8 Å². The number of aromatic nitrogens is 2. The third-order valence-corrected chi connectivity index (χ3v) is 4.34. The summed E-state index contributed by atoms with van der Waals surface area (Å²) in [5, 5.41) is 10.3. The SMILES string of the molecule is COc1ncnc2c1CN(CC(O)COc1cc(C)cc(C)c1)CC2. The second-order valence-electron chi connectivity index (χ2n) is 6.58. The Kier molecular flexibility index (Phi) is 5.50. The number of aliphatic hydroxyl groups is 1. The number of benzene rings is 1. The topological polar surface area (TPSA) is 67.7 Å². The number of methoxy groups -OCH3 is 1. The Morgan fingerprint density at radius 1 is 1.20 bits per heavy atom. The summed E-state index contributed by atoms with van der Waals surface area (Å²) in [6.07, 6.45) is 1.82. The van der Waals surface area contributed by atoms with Gasteiger partial charge < -0.3 is 14.6 Å². The highest BCUT2D eigenvalue weighted by Gasteiger charge is 2.23. The van der Waals surface area contributed by atoms with Crippen LogP contribution in [0.1, 0.15) is 22.4 Å². The lowest BCUT2D eigenvalue weighted by Crippen LogP contribution is -2.39. The number of hydrogen-bond donors (Lipinski definition) is 1. The first-order valence-corrected chi connectivity index (χ1v) is 8.53. The van der Waals surface area contributed by atoms with Crippen molar-refractivity contribution in [3.8, 4) is 11.6 Å².